The summed E-state index contributed by atoms with van der Waals surface area (Å²) in [6, 6.07) is 7.28. The van der Waals surface area contributed by atoms with Gasteiger partial charge in [-0.25, -0.2) is 0 Å². The predicted molar refractivity (Wildman–Crippen MR) is 62.3 cm³/mol. The standard InChI is InChI=1S/C13H10F3NO2/c14-13(15,16)19-12-4-2-1-3-10(12)11-7-17-6-5-9(11)8-18/h1-7,18H,8H2. The van der Waals surface area contributed by atoms with Crippen molar-refractivity contribution in [3.8, 4) is 16.9 Å². The molecule has 2 aromatic rings. The largest absolute Gasteiger partial charge is 0.573 e. The molecule has 0 aliphatic heterocycles. The van der Waals surface area contributed by atoms with Crippen molar-refractivity contribution in [2.45, 2.75) is 13.0 Å². The number of halogens is 3. The number of para-hydroxylation sites is 1. The normalized spacial score (nSPS) is 11.4. The van der Waals surface area contributed by atoms with E-state index >= 15 is 0 Å². The molecule has 0 aliphatic carbocycles. The van der Waals surface area contributed by atoms with Gasteiger partial charge in [-0.3, -0.25) is 4.98 Å². The maximum absolute atomic E-state index is 12.3. The van der Waals surface area contributed by atoms with E-state index in [1.807, 2.05) is 0 Å². The lowest BCUT2D eigenvalue weighted by Gasteiger charge is -2.14. The molecule has 1 aromatic heterocycles. The van der Waals surface area contributed by atoms with E-state index < -0.39 is 6.36 Å². The number of aliphatic hydroxyl groups is 1. The second kappa shape index (κ2) is 5.27. The molecule has 100 valence electrons. The van der Waals surface area contributed by atoms with Crippen molar-refractivity contribution in [3.63, 3.8) is 0 Å². The van der Waals surface area contributed by atoms with Crippen molar-refractivity contribution in [2.75, 3.05) is 0 Å². The Morgan fingerprint density at radius 2 is 1.84 bits per heavy atom. The molecule has 0 unspecified atom stereocenters. The zero-order valence-electron chi connectivity index (χ0n) is 9.69. The fourth-order valence-corrected chi connectivity index (χ4v) is 1.71. The molecule has 0 radical (unpaired) electrons. The fraction of sp³-hybridized carbons (Fsp3) is 0.154. The summed E-state index contributed by atoms with van der Waals surface area (Å²) in [5.41, 5.74) is 1.12. The zero-order valence-corrected chi connectivity index (χ0v) is 9.69. The average Bonchev–Trinajstić information content (AvgIpc) is 2.37. The number of aromatic nitrogens is 1. The lowest BCUT2D eigenvalue weighted by atomic mass is 10.0. The maximum Gasteiger partial charge on any atom is 0.573 e. The van der Waals surface area contributed by atoms with E-state index in [1.165, 1.54) is 30.6 Å². The van der Waals surface area contributed by atoms with Gasteiger partial charge in [-0.15, -0.1) is 13.2 Å². The van der Waals surface area contributed by atoms with E-state index in [0.29, 0.717) is 11.1 Å². The minimum atomic E-state index is -4.77. The number of hydrogen-bond acceptors (Lipinski definition) is 3. The molecular weight excluding hydrogens is 259 g/mol. The van der Waals surface area contributed by atoms with Gasteiger partial charge in [-0.1, -0.05) is 18.2 Å². The summed E-state index contributed by atoms with van der Waals surface area (Å²) in [7, 11) is 0. The number of benzene rings is 1. The third-order valence-corrected chi connectivity index (χ3v) is 2.48. The first-order valence-corrected chi connectivity index (χ1v) is 5.40. The highest BCUT2D eigenvalue weighted by Crippen LogP contribution is 2.34. The van der Waals surface area contributed by atoms with Crippen molar-refractivity contribution < 1.29 is 23.0 Å². The third-order valence-electron chi connectivity index (χ3n) is 2.48. The Morgan fingerprint density at radius 3 is 2.53 bits per heavy atom. The second-order valence-electron chi connectivity index (χ2n) is 3.73. The minimum absolute atomic E-state index is 0.233. The highest BCUT2D eigenvalue weighted by molar-refractivity contribution is 5.72. The molecule has 0 bridgehead atoms. The van der Waals surface area contributed by atoms with Crippen LogP contribution in [0.25, 0.3) is 11.1 Å². The average molecular weight is 269 g/mol. The molecule has 3 nitrogen and oxygen atoms in total. The van der Waals surface area contributed by atoms with Crippen LogP contribution in [-0.4, -0.2) is 16.5 Å². The highest BCUT2D eigenvalue weighted by Gasteiger charge is 2.32. The maximum atomic E-state index is 12.3. The van der Waals surface area contributed by atoms with Crippen molar-refractivity contribution in [3.05, 3.63) is 48.3 Å². The Morgan fingerprint density at radius 1 is 1.11 bits per heavy atom. The van der Waals surface area contributed by atoms with Crippen molar-refractivity contribution in [1.82, 2.24) is 4.98 Å². The molecule has 1 N–H and O–H groups in total. The molecule has 6 heteroatoms. The molecule has 1 heterocycles. The van der Waals surface area contributed by atoms with Crippen LogP contribution in [0.4, 0.5) is 13.2 Å². The Hall–Kier alpha value is -2.08. The van der Waals surface area contributed by atoms with Crippen LogP contribution in [-0.2, 0) is 6.61 Å². The SMILES string of the molecule is OCc1ccncc1-c1ccccc1OC(F)(F)F. The van der Waals surface area contributed by atoms with E-state index in [1.54, 1.807) is 12.1 Å². The van der Waals surface area contributed by atoms with Crippen molar-refractivity contribution in [1.29, 1.82) is 0 Å². The van der Waals surface area contributed by atoms with Crippen LogP contribution in [0, 0.1) is 0 Å². The van der Waals surface area contributed by atoms with Gasteiger partial charge in [0.2, 0.25) is 0 Å². The lowest BCUT2D eigenvalue weighted by Crippen LogP contribution is -2.17. The zero-order chi connectivity index (χ0) is 13.9. The van der Waals surface area contributed by atoms with Crippen LogP contribution in [0.5, 0.6) is 5.75 Å². The molecule has 0 aliphatic rings. The first-order valence-electron chi connectivity index (χ1n) is 5.40. The summed E-state index contributed by atoms with van der Waals surface area (Å²) in [6.45, 7) is -0.293. The molecule has 0 fully saturated rings. The first kappa shape index (κ1) is 13.4. The second-order valence-corrected chi connectivity index (χ2v) is 3.73. The minimum Gasteiger partial charge on any atom is -0.405 e. The number of hydrogen-bond donors (Lipinski definition) is 1. The Bertz CT molecular complexity index is 570. The number of alkyl halides is 3. The third kappa shape index (κ3) is 3.23. The summed E-state index contributed by atoms with van der Waals surface area (Å²) < 4.78 is 41.0. The monoisotopic (exact) mass is 269 g/mol. The van der Waals surface area contributed by atoms with Gasteiger partial charge in [0.1, 0.15) is 5.75 Å². The van der Waals surface area contributed by atoms with Gasteiger partial charge in [-0.2, -0.15) is 0 Å². The van der Waals surface area contributed by atoms with Crippen LogP contribution >= 0.6 is 0 Å². The van der Waals surface area contributed by atoms with Crippen molar-refractivity contribution in [2.24, 2.45) is 0 Å². The summed E-state index contributed by atoms with van der Waals surface area (Å²) in [5, 5.41) is 9.21. The summed E-state index contributed by atoms with van der Waals surface area (Å²) >= 11 is 0. The topological polar surface area (TPSA) is 42.4 Å². The van der Waals surface area contributed by atoms with Gasteiger partial charge < -0.3 is 9.84 Å². The van der Waals surface area contributed by atoms with Crippen LogP contribution in [0.3, 0.4) is 0 Å². The van der Waals surface area contributed by atoms with Gasteiger partial charge in [0.15, 0.2) is 0 Å². The van der Waals surface area contributed by atoms with E-state index in [4.69, 9.17) is 0 Å². The highest BCUT2D eigenvalue weighted by atomic mass is 19.4. The van der Waals surface area contributed by atoms with E-state index in [0.717, 1.165) is 0 Å². The first-order chi connectivity index (χ1) is 9.01. The molecule has 19 heavy (non-hydrogen) atoms. The predicted octanol–water partition coefficient (Wildman–Crippen LogP) is 3.14. The van der Waals surface area contributed by atoms with Crippen LogP contribution in [0.1, 0.15) is 5.56 Å². The number of ether oxygens (including phenoxy) is 1. The van der Waals surface area contributed by atoms with Gasteiger partial charge in [0, 0.05) is 23.5 Å². The van der Waals surface area contributed by atoms with E-state index in [2.05, 4.69) is 9.72 Å². The number of nitrogens with zero attached hydrogens (tertiary/aromatic N) is 1. The van der Waals surface area contributed by atoms with E-state index in [-0.39, 0.29) is 17.9 Å². The smallest absolute Gasteiger partial charge is 0.405 e. The molecule has 0 saturated carbocycles. The molecule has 0 saturated heterocycles. The van der Waals surface area contributed by atoms with Gasteiger partial charge >= 0.3 is 6.36 Å². The molecule has 1 aromatic carbocycles. The summed E-state index contributed by atoms with van der Waals surface area (Å²) in [6.07, 6.45) is -1.91. The molecule has 0 atom stereocenters. The van der Waals surface area contributed by atoms with Gasteiger partial charge in [-0.05, 0) is 17.7 Å². The van der Waals surface area contributed by atoms with Gasteiger partial charge in [0.25, 0.3) is 0 Å². The summed E-state index contributed by atoms with van der Waals surface area (Å²) in [4.78, 5) is 3.86. The fourth-order valence-electron chi connectivity index (χ4n) is 1.71. The van der Waals surface area contributed by atoms with Crippen LogP contribution in [0.15, 0.2) is 42.7 Å². The quantitative estimate of drug-likeness (QED) is 0.930. The Balaban J connectivity index is 2.50. The number of aliphatic hydroxyl groups excluding tert-OH is 1. The molecule has 0 spiro atoms. The Labute approximate surface area is 107 Å². The molecule has 2 rings (SSSR count). The Kier molecular flexibility index (Phi) is 3.71. The van der Waals surface area contributed by atoms with Gasteiger partial charge in [0.05, 0.1) is 6.61 Å². The van der Waals surface area contributed by atoms with Crippen LogP contribution < -0.4 is 4.74 Å². The van der Waals surface area contributed by atoms with Crippen molar-refractivity contribution >= 4 is 0 Å². The molecule has 0 amide bonds. The van der Waals surface area contributed by atoms with Crippen LogP contribution in [0.2, 0.25) is 0 Å². The summed E-state index contributed by atoms with van der Waals surface area (Å²) in [5.74, 6) is -0.322. The number of rotatable bonds is 3. The number of pyridine rings is 1. The van der Waals surface area contributed by atoms with E-state index in [9.17, 15) is 18.3 Å². The molecular formula is C13H10F3NO2. The lowest BCUT2D eigenvalue weighted by molar-refractivity contribution is -0.274.